The van der Waals surface area contributed by atoms with Crippen molar-refractivity contribution in [2.75, 3.05) is 19.6 Å². The number of hydrogen-bond donors (Lipinski definition) is 1. The summed E-state index contributed by atoms with van der Waals surface area (Å²) < 4.78 is 33.0. The quantitative estimate of drug-likeness (QED) is 0.595. The smallest absolute Gasteiger partial charge is 0.251 e. The number of hydrogen-bond acceptors (Lipinski definition) is 4. The summed E-state index contributed by atoms with van der Waals surface area (Å²) in [4.78, 5) is 12.8. The van der Waals surface area contributed by atoms with Gasteiger partial charge in [-0.2, -0.15) is 4.31 Å². The highest BCUT2D eigenvalue weighted by molar-refractivity contribution is 7.89. The van der Waals surface area contributed by atoms with Crippen LogP contribution >= 0.6 is 0 Å². The Balaban J connectivity index is 1.55. The van der Waals surface area contributed by atoms with Gasteiger partial charge in [0.2, 0.25) is 10.0 Å². The van der Waals surface area contributed by atoms with Crippen molar-refractivity contribution in [3.8, 4) is 5.75 Å². The first-order valence-electron chi connectivity index (χ1n) is 10.9. The van der Waals surface area contributed by atoms with Crippen LogP contribution in [0.1, 0.15) is 54.6 Å². The molecule has 1 fully saturated rings. The van der Waals surface area contributed by atoms with Crippen molar-refractivity contribution in [2.24, 2.45) is 0 Å². The van der Waals surface area contributed by atoms with Gasteiger partial charge >= 0.3 is 0 Å². The predicted octanol–water partition coefficient (Wildman–Crippen LogP) is 3.93. The molecule has 2 aromatic carbocycles. The van der Waals surface area contributed by atoms with E-state index in [9.17, 15) is 13.2 Å². The van der Waals surface area contributed by atoms with Crippen LogP contribution in [0.4, 0.5) is 0 Å². The average Bonchev–Trinajstić information content (AvgIpc) is 3.28. The van der Waals surface area contributed by atoms with Crippen LogP contribution in [-0.2, 0) is 16.4 Å². The van der Waals surface area contributed by atoms with Gasteiger partial charge in [-0.05, 0) is 81.8 Å². The molecule has 0 radical (unpaired) electrons. The predicted molar refractivity (Wildman–Crippen MR) is 122 cm³/mol. The molecule has 0 spiro atoms. The average molecular weight is 445 g/mol. The zero-order valence-corrected chi connectivity index (χ0v) is 19.4. The molecular formula is C24H32N2O4S. The fraction of sp³-hybridized carbons (Fsp3) is 0.458. The molecule has 1 heterocycles. The Morgan fingerprint density at radius 2 is 1.77 bits per heavy atom. The molecule has 31 heavy (non-hydrogen) atoms. The summed E-state index contributed by atoms with van der Waals surface area (Å²) in [6, 6.07) is 12.9. The van der Waals surface area contributed by atoms with Crippen molar-refractivity contribution < 1.29 is 17.9 Å². The van der Waals surface area contributed by atoms with Crippen LogP contribution in [0.15, 0.2) is 47.4 Å². The highest BCUT2D eigenvalue weighted by Gasteiger charge is 2.29. The first-order chi connectivity index (χ1) is 14.8. The largest absolute Gasteiger partial charge is 0.491 e. The van der Waals surface area contributed by atoms with Crippen molar-refractivity contribution >= 4 is 15.9 Å². The number of aryl methyl sites for hydroxylation is 2. The molecule has 3 rings (SSSR count). The number of sulfonamides is 1. The van der Waals surface area contributed by atoms with Gasteiger partial charge < -0.3 is 10.1 Å². The molecule has 1 amide bonds. The van der Waals surface area contributed by atoms with Gasteiger partial charge in [-0.25, -0.2) is 8.42 Å². The summed E-state index contributed by atoms with van der Waals surface area (Å²) in [6.45, 7) is 7.36. The van der Waals surface area contributed by atoms with Gasteiger partial charge in [-0.3, -0.25) is 4.79 Å². The van der Waals surface area contributed by atoms with Gasteiger partial charge in [0.1, 0.15) is 5.75 Å². The number of carbonyl (C=O) groups excluding carboxylic acids is 1. The molecule has 168 valence electrons. The lowest BCUT2D eigenvalue weighted by Gasteiger charge is -2.18. The Bertz CT molecular complexity index is 995. The normalized spacial score (nSPS) is 14.7. The molecule has 0 saturated carbocycles. The van der Waals surface area contributed by atoms with Crippen LogP contribution in [0.2, 0.25) is 0 Å². The second kappa shape index (κ2) is 10.3. The molecule has 1 N–H and O–H groups in total. The Morgan fingerprint density at radius 1 is 1.10 bits per heavy atom. The van der Waals surface area contributed by atoms with Crippen molar-refractivity contribution in [1.29, 1.82) is 0 Å². The fourth-order valence-corrected chi connectivity index (χ4v) is 5.46. The lowest BCUT2D eigenvalue weighted by molar-refractivity contribution is 0.0953. The lowest BCUT2D eigenvalue weighted by Crippen LogP contribution is -2.29. The standard InChI is InChI=1S/C24H32N2O4S/c1-18(2)30-22-12-9-20(10-13-22)7-6-14-25-24(27)21-11-8-19(3)23(17-21)31(28,29)26-15-4-5-16-26/h8-13,17-18H,4-7,14-16H2,1-3H3,(H,25,27). The van der Waals surface area contributed by atoms with Gasteiger partial charge in [-0.15, -0.1) is 0 Å². The molecule has 6 nitrogen and oxygen atoms in total. The molecule has 1 aliphatic heterocycles. The number of rotatable bonds is 9. The number of nitrogens with zero attached hydrogens (tertiary/aromatic N) is 1. The Labute approximate surface area is 185 Å². The third kappa shape index (κ3) is 6.08. The van der Waals surface area contributed by atoms with E-state index in [0.29, 0.717) is 30.8 Å². The summed E-state index contributed by atoms with van der Waals surface area (Å²) >= 11 is 0. The van der Waals surface area contributed by atoms with Gasteiger partial charge in [0.15, 0.2) is 0 Å². The summed E-state index contributed by atoms with van der Waals surface area (Å²) in [7, 11) is -3.55. The van der Waals surface area contributed by atoms with Gasteiger partial charge in [0, 0.05) is 25.2 Å². The molecule has 1 saturated heterocycles. The number of carbonyl (C=O) groups is 1. The zero-order chi connectivity index (χ0) is 22.4. The van der Waals surface area contributed by atoms with Gasteiger partial charge in [0.05, 0.1) is 11.0 Å². The van der Waals surface area contributed by atoms with Crippen LogP contribution < -0.4 is 10.1 Å². The Hall–Kier alpha value is -2.38. The van der Waals surface area contributed by atoms with E-state index in [1.54, 1.807) is 19.1 Å². The summed E-state index contributed by atoms with van der Waals surface area (Å²) in [5, 5.41) is 2.90. The minimum atomic E-state index is -3.55. The maximum atomic E-state index is 12.9. The number of ether oxygens (including phenoxy) is 1. The molecule has 0 unspecified atom stereocenters. The van der Waals surface area contributed by atoms with E-state index in [0.717, 1.165) is 31.4 Å². The van der Waals surface area contributed by atoms with E-state index in [4.69, 9.17) is 4.74 Å². The lowest BCUT2D eigenvalue weighted by atomic mass is 10.1. The van der Waals surface area contributed by atoms with Crippen molar-refractivity contribution in [3.63, 3.8) is 0 Å². The number of nitrogens with one attached hydrogen (secondary N) is 1. The molecule has 0 aliphatic carbocycles. The molecule has 1 aliphatic rings. The second-order valence-electron chi connectivity index (χ2n) is 8.26. The first-order valence-corrected chi connectivity index (χ1v) is 12.4. The van der Waals surface area contributed by atoms with Crippen LogP contribution in [0, 0.1) is 6.92 Å². The van der Waals surface area contributed by atoms with E-state index in [1.165, 1.54) is 15.9 Å². The molecule has 0 bridgehead atoms. The molecule has 0 aromatic heterocycles. The van der Waals surface area contributed by atoms with Gasteiger partial charge in [-0.1, -0.05) is 18.2 Å². The monoisotopic (exact) mass is 444 g/mol. The van der Waals surface area contributed by atoms with Crippen LogP contribution in [0.5, 0.6) is 5.75 Å². The SMILES string of the molecule is Cc1ccc(C(=O)NCCCc2ccc(OC(C)C)cc2)cc1S(=O)(=O)N1CCCC1. The molecular weight excluding hydrogens is 412 g/mol. The number of amides is 1. The molecule has 2 aromatic rings. The Morgan fingerprint density at radius 3 is 2.42 bits per heavy atom. The topological polar surface area (TPSA) is 75.7 Å². The van der Waals surface area contributed by atoms with Crippen molar-refractivity contribution in [3.05, 3.63) is 59.2 Å². The van der Waals surface area contributed by atoms with E-state index in [1.807, 2.05) is 38.1 Å². The van der Waals surface area contributed by atoms with E-state index in [2.05, 4.69) is 5.32 Å². The zero-order valence-electron chi connectivity index (χ0n) is 18.6. The van der Waals surface area contributed by atoms with Crippen LogP contribution in [0.3, 0.4) is 0 Å². The van der Waals surface area contributed by atoms with Crippen molar-refractivity contribution in [1.82, 2.24) is 9.62 Å². The van der Waals surface area contributed by atoms with Gasteiger partial charge in [0.25, 0.3) is 5.91 Å². The highest BCUT2D eigenvalue weighted by Crippen LogP contribution is 2.24. The minimum absolute atomic E-state index is 0.147. The Kier molecular flexibility index (Phi) is 7.73. The van der Waals surface area contributed by atoms with E-state index < -0.39 is 10.0 Å². The van der Waals surface area contributed by atoms with Crippen molar-refractivity contribution in [2.45, 2.75) is 57.5 Å². The summed E-state index contributed by atoms with van der Waals surface area (Å²) in [5.74, 6) is 0.602. The fourth-order valence-electron chi connectivity index (χ4n) is 3.69. The highest BCUT2D eigenvalue weighted by atomic mass is 32.2. The summed E-state index contributed by atoms with van der Waals surface area (Å²) in [6.07, 6.45) is 3.54. The molecule has 7 heteroatoms. The third-order valence-electron chi connectivity index (χ3n) is 5.36. The first kappa shape index (κ1) is 23.3. The summed E-state index contributed by atoms with van der Waals surface area (Å²) in [5.41, 5.74) is 2.21. The van der Waals surface area contributed by atoms with E-state index in [-0.39, 0.29) is 16.9 Å². The van der Waals surface area contributed by atoms with Crippen LogP contribution in [-0.4, -0.2) is 44.4 Å². The third-order valence-corrected chi connectivity index (χ3v) is 7.40. The maximum absolute atomic E-state index is 12.9. The van der Waals surface area contributed by atoms with Crippen LogP contribution in [0.25, 0.3) is 0 Å². The number of benzene rings is 2. The van der Waals surface area contributed by atoms with E-state index >= 15 is 0 Å². The maximum Gasteiger partial charge on any atom is 0.251 e. The minimum Gasteiger partial charge on any atom is -0.491 e. The second-order valence-corrected chi connectivity index (χ2v) is 10.2. The molecule has 0 atom stereocenters.